The van der Waals surface area contributed by atoms with Crippen LogP contribution in [0.15, 0.2) is 32.0 Å². The van der Waals surface area contributed by atoms with Crippen molar-refractivity contribution >= 4 is 55.1 Å². The van der Waals surface area contributed by atoms with Crippen LogP contribution in [0.25, 0.3) is 5.70 Å². The molecule has 0 bridgehead atoms. The van der Waals surface area contributed by atoms with Gasteiger partial charge in [-0.3, -0.25) is 4.79 Å². The molecule has 0 aromatic heterocycles. The molecule has 1 fully saturated rings. The average molecular weight is 391 g/mol. The Hall–Kier alpha value is -0.260. The number of carbonyl (C=O) groups excluding carboxylic acids is 1. The number of allylic oxidation sites excluding steroid dienone is 1. The summed E-state index contributed by atoms with van der Waals surface area (Å²) in [6.07, 6.45) is 5.57. The van der Waals surface area contributed by atoms with Crippen LogP contribution in [-0.2, 0) is 4.79 Å². The van der Waals surface area contributed by atoms with Crippen molar-refractivity contribution in [1.82, 2.24) is 0 Å². The van der Waals surface area contributed by atoms with E-state index in [1.54, 1.807) is 17.8 Å². The summed E-state index contributed by atoms with van der Waals surface area (Å²) in [6.45, 7) is 0. The highest BCUT2D eigenvalue weighted by Gasteiger charge is 2.28. The number of hydrogen-bond donors (Lipinski definition) is 1. The van der Waals surface area contributed by atoms with E-state index in [2.05, 4.69) is 31.9 Å². The van der Waals surface area contributed by atoms with Crippen LogP contribution in [0.5, 0.6) is 0 Å². The van der Waals surface area contributed by atoms with Gasteiger partial charge in [0.25, 0.3) is 0 Å². The van der Waals surface area contributed by atoms with E-state index in [0.29, 0.717) is 5.70 Å². The van der Waals surface area contributed by atoms with Crippen LogP contribution in [-0.4, -0.2) is 12.0 Å². The van der Waals surface area contributed by atoms with Gasteiger partial charge in [-0.2, -0.15) is 0 Å². The lowest BCUT2D eigenvalue weighted by atomic mass is 10.1. The summed E-state index contributed by atoms with van der Waals surface area (Å²) in [4.78, 5) is 12.8. The fraction of sp³-hybridized carbons (Fsp3) is 0.308. The van der Waals surface area contributed by atoms with E-state index >= 15 is 0 Å². The summed E-state index contributed by atoms with van der Waals surface area (Å²) in [6, 6.07) is 3.87. The van der Waals surface area contributed by atoms with Gasteiger partial charge in [0.05, 0.1) is 0 Å². The lowest BCUT2D eigenvalue weighted by molar-refractivity contribution is -0.115. The second-order valence-electron chi connectivity index (χ2n) is 4.22. The Balaban J connectivity index is 2.37. The zero-order chi connectivity index (χ0) is 13.3. The van der Waals surface area contributed by atoms with Crippen LogP contribution in [0, 0.1) is 5.92 Å². The molecule has 0 amide bonds. The van der Waals surface area contributed by atoms with Gasteiger partial charge in [0, 0.05) is 37.1 Å². The van der Waals surface area contributed by atoms with Gasteiger partial charge in [0.15, 0.2) is 5.78 Å². The number of rotatable bonds is 4. The molecule has 2 rings (SSSR count). The highest BCUT2D eigenvalue weighted by atomic mass is 79.9. The summed E-state index contributed by atoms with van der Waals surface area (Å²) < 4.78 is 1.96. The van der Waals surface area contributed by atoms with Gasteiger partial charge in [-0.25, -0.2) is 0 Å². The third kappa shape index (κ3) is 3.00. The van der Waals surface area contributed by atoms with Gasteiger partial charge < -0.3 is 5.73 Å². The molecule has 1 aliphatic rings. The summed E-state index contributed by atoms with van der Waals surface area (Å²) in [5.74, 6) is 0.360. The van der Waals surface area contributed by atoms with E-state index in [1.807, 2.05) is 18.4 Å². The molecule has 5 heteroatoms. The van der Waals surface area contributed by atoms with Gasteiger partial charge in [-0.05, 0) is 57.0 Å². The third-order valence-corrected chi connectivity index (χ3v) is 5.95. The fourth-order valence-electron chi connectivity index (χ4n) is 1.68. The molecule has 2 nitrogen and oxygen atoms in total. The van der Waals surface area contributed by atoms with Crippen LogP contribution in [0.3, 0.4) is 0 Å². The summed E-state index contributed by atoms with van der Waals surface area (Å²) >= 11 is 8.61. The Labute approximate surface area is 128 Å². The molecule has 0 heterocycles. The maximum Gasteiger partial charge on any atom is 0.160 e. The molecule has 96 valence electrons. The number of carbonyl (C=O) groups is 1. The Morgan fingerprint density at radius 1 is 1.44 bits per heavy atom. The number of hydrogen-bond acceptors (Lipinski definition) is 3. The molecule has 1 aromatic rings. The second-order valence-corrected chi connectivity index (χ2v) is 6.68. The van der Waals surface area contributed by atoms with Gasteiger partial charge in [-0.15, -0.1) is 11.8 Å². The van der Waals surface area contributed by atoms with Crippen LogP contribution in [0.2, 0.25) is 0 Å². The standard InChI is InChI=1S/C13H13Br2NOS/c1-18-13-8(4-5-9(14)12(13)15)10(16)6-11(17)7-2-3-7/h4-7H,2-3,16H2,1H3/b10-6+. The summed E-state index contributed by atoms with van der Waals surface area (Å²) in [5, 5.41) is 0. The molecule has 1 aliphatic carbocycles. The van der Waals surface area contributed by atoms with Crippen molar-refractivity contribution in [1.29, 1.82) is 0 Å². The van der Waals surface area contributed by atoms with Gasteiger partial charge in [-0.1, -0.05) is 6.07 Å². The molecular formula is C13H13Br2NOS. The van der Waals surface area contributed by atoms with E-state index in [9.17, 15) is 4.79 Å². The molecule has 2 N–H and O–H groups in total. The topological polar surface area (TPSA) is 43.1 Å². The zero-order valence-corrected chi connectivity index (χ0v) is 13.9. The van der Waals surface area contributed by atoms with E-state index in [4.69, 9.17) is 5.73 Å². The van der Waals surface area contributed by atoms with Crippen molar-refractivity contribution < 1.29 is 4.79 Å². The van der Waals surface area contributed by atoms with Crippen molar-refractivity contribution in [3.05, 3.63) is 32.7 Å². The van der Waals surface area contributed by atoms with Crippen molar-refractivity contribution in [3.8, 4) is 0 Å². The molecule has 1 aromatic carbocycles. The van der Waals surface area contributed by atoms with Crippen LogP contribution >= 0.6 is 43.6 Å². The number of benzene rings is 1. The molecule has 0 aliphatic heterocycles. The first kappa shape index (κ1) is 14.2. The predicted molar refractivity (Wildman–Crippen MR) is 83.5 cm³/mol. The van der Waals surface area contributed by atoms with Crippen LogP contribution in [0.1, 0.15) is 18.4 Å². The zero-order valence-electron chi connectivity index (χ0n) is 9.87. The lowest BCUT2D eigenvalue weighted by Crippen LogP contribution is -2.04. The molecule has 0 spiro atoms. The minimum atomic E-state index is 0.151. The molecule has 0 atom stereocenters. The van der Waals surface area contributed by atoms with Crippen LogP contribution < -0.4 is 5.73 Å². The first-order valence-electron chi connectivity index (χ1n) is 5.58. The quantitative estimate of drug-likeness (QED) is 0.618. The molecule has 0 saturated heterocycles. The smallest absolute Gasteiger partial charge is 0.160 e. The molecular weight excluding hydrogens is 378 g/mol. The van der Waals surface area contributed by atoms with E-state index < -0.39 is 0 Å². The third-order valence-electron chi connectivity index (χ3n) is 2.84. The first-order valence-corrected chi connectivity index (χ1v) is 8.39. The minimum Gasteiger partial charge on any atom is -0.398 e. The van der Waals surface area contributed by atoms with E-state index in [1.165, 1.54) is 0 Å². The second kappa shape index (κ2) is 5.80. The van der Waals surface area contributed by atoms with Crippen molar-refractivity contribution in [3.63, 3.8) is 0 Å². The maximum atomic E-state index is 11.8. The molecule has 0 unspecified atom stereocenters. The predicted octanol–water partition coefficient (Wildman–Crippen LogP) is 4.21. The lowest BCUT2D eigenvalue weighted by Gasteiger charge is -2.11. The van der Waals surface area contributed by atoms with Gasteiger partial charge in [0.2, 0.25) is 0 Å². The SMILES string of the molecule is CSc1c(/C(N)=C\C(=O)C2CC2)ccc(Br)c1Br. The van der Waals surface area contributed by atoms with Crippen molar-refractivity contribution in [2.75, 3.05) is 6.26 Å². The summed E-state index contributed by atoms with van der Waals surface area (Å²) in [7, 11) is 0. The van der Waals surface area contributed by atoms with Crippen molar-refractivity contribution in [2.24, 2.45) is 11.7 Å². The van der Waals surface area contributed by atoms with E-state index in [-0.39, 0.29) is 11.7 Å². The van der Waals surface area contributed by atoms with E-state index in [0.717, 1.165) is 32.2 Å². The number of ketones is 1. The maximum absolute atomic E-state index is 11.8. The highest BCUT2D eigenvalue weighted by molar-refractivity contribution is 9.13. The number of thioether (sulfide) groups is 1. The normalized spacial score (nSPS) is 15.8. The monoisotopic (exact) mass is 389 g/mol. The molecule has 0 radical (unpaired) electrons. The molecule has 1 saturated carbocycles. The Kier molecular flexibility index (Phi) is 4.56. The first-order chi connectivity index (χ1) is 8.54. The van der Waals surface area contributed by atoms with Crippen LogP contribution in [0.4, 0.5) is 0 Å². The Morgan fingerprint density at radius 2 is 2.11 bits per heavy atom. The number of halogens is 2. The minimum absolute atomic E-state index is 0.151. The average Bonchev–Trinajstić information content (AvgIpc) is 3.16. The summed E-state index contributed by atoms with van der Waals surface area (Å²) in [5.41, 5.74) is 7.50. The fourth-order valence-corrected chi connectivity index (χ4v) is 3.66. The molecule has 18 heavy (non-hydrogen) atoms. The number of nitrogens with two attached hydrogens (primary N) is 1. The highest BCUT2D eigenvalue weighted by Crippen LogP contribution is 2.37. The Morgan fingerprint density at radius 3 is 2.67 bits per heavy atom. The van der Waals surface area contributed by atoms with Crippen molar-refractivity contribution in [2.45, 2.75) is 17.7 Å². The van der Waals surface area contributed by atoms with Gasteiger partial charge >= 0.3 is 0 Å². The largest absolute Gasteiger partial charge is 0.398 e. The Bertz CT molecular complexity index is 524. The van der Waals surface area contributed by atoms with Gasteiger partial charge in [0.1, 0.15) is 0 Å².